The quantitative estimate of drug-likeness (QED) is 0.410. The van der Waals surface area contributed by atoms with Gasteiger partial charge in [-0.15, -0.1) is 5.48 Å². The number of benzene rings is 2. The number of nitrogens with zero attached hydrogens (tertiary/aromatic N) is 2. The molecule has 1 unspecified atom stereocenters. The zero-order valence-corrected chi connectivity index (χ0v) is 22.9. The molecule has 11 heteroatoms. The first kappa shape index (κ1) is 27.1. The molecular formula is C27H31N5O5S. The molecule has 4 rings (SSSR count). The number of amides is 1. The number of aliphatic imine (C=N–C) groups is 1. The Labute approximate surface area is 222 Å². The van der Waals surface area contributed by atoms with Crippen molar-refractivity contribution in [3.63, 3.8) is 0 Å². The lowest BCUT2D eigenvalue weighted by molar-refractivity contribution is 0.102. The van der Waals surface area contributed by atoms with Gasteiger partial charge in [0.15, 0.2) is 11.9 Å². The smallest absolute Gasteiger partial charge is 0.255 e. The molecule has 0 fully saturated rings. The Hall–Kier alpha value is -3.96. The first-order valence-corrected chi connectivity index (χ1v) is 13.8. The van der Waals surface area contributed by atoms with Crippen LogP contribution in [0.3, 0.4) is 0 Å². The fraction of sp³-hybridized carbons (Fsp3) is 0.296. The molecule has 2 heterocycles. The molecule has 1 aliphatic heterocycles. The third-order valence-corrected chi connectivity index (χ3v) is 6.54. The Morgan fingerprint density at radius 3 is 2.50 bits per heavy atom. The Balaban J connectivity index is 1.68. The van der Waals surface area contributed by atoms with Gasteiger partial charge in [0.2, 0.25) is 15.9 Å². The molecule has 1 aromatic heterocycles. The summed E-state index contributed by atoms with van der Waals surface area (Å²) in [5, 5.41) is 2.88. The predicted octanol–water partition coefficient (Wildman–Crippen LogP) is 4.30. The van der Waals surface area contributed by atoms with E-state index in [-0.39, 0.29) is 16.9 Å². The number of aryl methyl sites for hydroxylation is 1. The molecule has 1 amide bonds. The minimum Gasteiger partial charge on any atom is -0.492 e. The van der Waals surface area contributed by atoms with E-state index in [0.29, 0.717) is 22.7 Å². The summed E-state index contributed by atoms with van der Waals surface area (Å²) in [6.45, 7) is 7.88. The lowest BCUT2D eigenvalue weighted by Crippen LogP contribution is -2.19. The van der Waals surface area contributed by atoms with Gasteiger partial charge in [0, 0.05) is 29.1 Å². The number of carbonyl (C=O) groups is 1. The maximum absolute atomic E-state index is 13.4. The molecule has 3 aromatic rings. The monoisotopic (exact) mass is 537 g/mol. The van der Waals surface area contributed by atoms with Gasteiger partial charge in [0.1, 0.15) is 0 Å². The van der Waals surface area contributed by atoms with Crippen molar-refractivity contribution < 1.29 is 22.8 Å². The number of pyridine rings is 1. The van der Waals surface area contributed by atoms with Gasteiger partial charge in [-0.05, 0) is 53.8 Å². The Morgan fingerprint density at radius 1 is 1.13 bits per heavy atom. The summed E-state index contributed by atoms with van der Waals surface area (Å²) in [5.74, 6) is 0.158. The lowest BCUT2D eigenvalue weighted by Gasteiger charge is -2.24. The number of sulfonamides is 1. The molecule has 0 spiro atoms. The fourth-order valence-electron chi connectivity index (χ4n) is 3.92. The normalized spacial score (nSPS) is 15.4. The summed E-state index contributed by atoms with van der Waals surface area (Å²) in [6, 6.07) is 12.4. The van der Waals surface area contributed by atoms with E-state index in [1.807, 2.05) is 45.9 Å². The summed E-state index contributed by atoms with van der Waals surface area (Å²) in [7, 11) is -2.18. The number of hydroxylamine groups is 1. The fourth-order valence-corrected chi connectivity index (χ4v) is 4.48. The Morgan fingerprint density at radius 2 is 1.87 bits per heavy atom. The van der Waals surface area contributed by atoms with Gasteiger partial charge in [0.05, 0.1) is 24.7 Å². The SMILES string of the molecule is COc1c(NC(=O)c2ccc(C)c(C3=NC(c4cccnc4)NO3)c2)cc(C(C)(C)C)cc1NS(C)(=O)=O. The third kappa shape index (κ3) is 6.12. The summed E-state index contributed by atoms with van der Waals surface area (Å²) in [6.07, 6.45) is 4.03. The molecule has 0 radical (unpaired) electrons. The molecule has 0 bridgehead atoms. The maximum Gasteiger partial charge on any atom is 0.255 e. The van der Waals surface area contributed by atoms with Crippen LogP contribution >= 0.6 is 0 Å². The number of nitrogens with one attached hydrogen (secondary N) is 3. The van der Waals surface area contributed by atoms with E-state index in [1.165, 1.54) is 7.11 Å². The van der Waals surface area contributed by atoms with Crippen molar-refractivity contribution in [2.24, 2.45) is 4.99 Å². The largest absolute Gasteiger partial charge is 0.492 e. The zero-order valence-electron chi connectivity index (χ0n) is 22.1. The van der Waals surface area contributed by atoms with Crippen LogP contribution in [0, 0.1) is 6.92 Å². The van der Waals surface area contributed by atoms with Crippen molar-refractivity contribution in [3.8, 4) is 5.75 Å². The number of carbonyl (C=O) groups excluding carboxylic acids is 1. The minimum atomic E-state index is -3.59. The van der Waals surface area contributed by atoms with Crippen molar-refractivity contribution >= 4 is 33.2 Å². The first-order valence-electron chi connectivity index (χ1n) is 11.9. The second-order valence-electron chi connectivity index (χ2n) is 10.1. The molecule has 3 N–H and O–H groups in total. The topological polar surface area (TPSA) is 131 Å². The van der Waals surface area contributed by atoms with Crippen LogP contribution in [0.4, 0.5) is 11.4 Å². The van der Waals surface area contributed by atoms with Gasteiger partial charge in [-0.25, -0.2) is 13.4 Å². The van der Waals surface area contributed by atoms with Gasteiger partial charge in [-0.1, -0.05) is 32.9 Å². The molecule has 1 aliphatic rings. The summed E-state index contributed by atoms with van der Waals surface area (Å²) < 4.78 is 32.0. The van der Waals surface area contributed by atoms with Gasteiger partial charge >= 0.3 is 0 Å². The molecule has 200 valence electrons. The lowest BCUT2D eigenvalue weighted by atomic mass is 9.86. The van der Waals surface area contributed by atoms with Crippen molar-refractivity contribution in [1.82, 2.24) is 10.5 Å². The van der Waals surface area contributed by atoms with E-state index in [4.69, 9.17) is 9.57 Å². The highest BCUT2D eigenvalue weighted by Crippen LogP contribution is 2.39. The molecule has 10 nitrogen and oxygen atoms in total. The second-order valence-corrected chi connectivity index (χ2v) is 11.8. The highest BCUT2D eigenvalue weighted by Gasteiger charge is 2.25. The highest BCUT2D eigenvalue weighted by molar-refractivity contribution is 7.92. The molecule has 0 saturated heterocycles. The van der Waals surface area contributed by atoms with E-state index in [2.05, 4.69) is 25.5 Å². The number of hydrogen-bond acceptors (Lipinski definition) is 8. The Bertz CT molecular complexity index is 1500. The first-order chi connectivity index (χ1) is 17.9. The summed E-state index contributed by atoms with van der Waals surface area (Å²) >= 11 is 0. The van der Waals surface area contributed by atoms with Gasteiger partial charge < -0.3 is 14.9 Å². The molecular weight excluding hydrogens is 506 g/mol. The summed E-state index contributed by atoms with van der Waals surface area (Å²) in [5.41, 5.74) is 6.69. The Kier molecular flexibility index (Phi) is 7.43. The van der Waals surface area contributed by atoms with E-state index in [0.717, 1.165) is 22.9 Å². The minimum absolute atomic E-state index is 0.205. The number of rotatable bonds is 7. The van der Waals surface area contributed by atoms with E-state index < -0.39 is 22.1 Å². The van der Waals surface area contributed by atoms with Crippen molar-refractivity contribution in [2.75, 3.05) is 23.4 Å². The van der Waals surface area contributed by atoms with Crippen LogP contribution in [0.1, 0.15) is 59.5 Å². The highest BCUT2D eigenvalue weighted by atomic mass is 32.2. The van der Waals surface area contributed by atoms with Crippen molar-refractivity contribution in [2.45, 2.75) is 39.3 Å². The van der Waals surface area contributed by atoms with Gasteiger partial charge in [-0.2, -0.15) is 0 Å². The van der Waals surface area contributed by atoms with Crippen molar-refractivity contribution in [1.29, 1.82) is 0 Å². The van der Waals surface area contributed by atoms with Crippen LogP contribution in [0.2, 0.25) is 0 Å². The number of hydrogen-bond donors (Lipinski definition) is 3. The molecule has 38 heavy (non-hydrogen) atoms. The van der Waals surface area contributed by atoms with Crippen LogP contribution in [-0.4, -0.2) is 38.6 Å². The van der Waals surface area contributed by atoms with Crippen LogP contribution < -0.4 is 20.3 Å². The zero-order chi connectivity index (χ0) is 27.7. The van der Waals surface area contributed by atoms with Gasteiger partial charge in [0.25, 0.3) is 5.91 Å². The van der Waals surface area contributed by atoms with Crippen LogP contribution in [0.5, 0.6) is 5.75 Å². The van der Waals surface area contributed by atoms with Crippen LogP contribution in [0.25, 0.3) is 0 Å². The molecule has 2 aromatic carbocycles. The average Bonchev–Trinajstić information content (AvgIpc) is 3.33. The molecule has 1 atom stereocenters. The van der Waals surface area contributed by atoms with E-state index in [9.17, 15) is 13.2 Å². The van der Waals surface area contributed by atoms with Crippen LogP contribution in [-0.2, 0) is 20.3 Å². The summed E-state index contributed by atoms with van der Waals surface area (Å²) in [4.78, 5) is 27.8. The second kappa shape index (κ2) is 10.4. The maximum atomic E-state index is 13.4. The molecule has 0 aliphatic carbocycles. The third-order valence-electron chi connectivity index (χ3n) is 5.95. The number of ether oxygens (including phenoxy) is 1. The van der Waals surface area contributed by atoms with E-state index in [1.54, 1.807) is 36.7 Å². The van der Waals surface area contributed by atoms with E-state index >= 15 is 0 Å². The average molecular weight is 538 g/mol. The standard InChI is InChI=1S/C27H31N5O5S/c1-16-9-10-17(12-20(16)26-30-24(31-37-26)18-8-7-11-28-15-18)25(33)29-21-13-19(27(2,3)4)14-22(23(21)36-5)32-38(6,34)35/h7-15,24,31-32H,1-6H3,(H,29,33). The van der Waals surface area contributed by atoms with Crippen molar-refractivity contribution in [3.05, 3.63) is 82.7 Å². The molecule has 0 saturated carbocycles. The van der Waals surface area contributed by atoms with Crippen LogP contribution in [0.15, 0.2) is 59.9 Å². The predicted molar refractivity (Wildman–Crippen MR) is 147 cm³/mol. The number of methoxy groups -OCH3 is 1. The number of anilines is 2. The number of aromatic nitrogens is 1. The van der Waals surface area contributed by atoms with Gasteiger partial charge in [-0.3, -0.25) is 14.5 Å².